The molecular formula is C14H25N3O2. The Morgan fingerprint density at radius 2 is 2.00 bits per heavy atom. The molecule has 2 rings (SSSR count). The van der Waals surface area contributed by atoms with E-state index in [1.807, 2.05) is 0 Å². The maximum absolute atomic E-state index is 12.1. The van der Waals surface area contributed by atoms with Gasteiger partial charge in [0.2, 0.25) is 11.8 Å². The fourth-order valence-electron chi connectivity index (χ4n) is 2.88. The molecule has 5 heteroatoms. The minimum Gasteiger partial charge on any atom is -0.356 e. The summed E-state index contributed by atoms with van der Waals surface area (Å²) in [5.41, 5.74) is 5.38. The Kier molecular flexibility index (Phi) is 4.45. The quantitative estimate of drug-likeness (QED) is 0.588. The number of rotatable bonds is 7. The Balaban J connectivity index is 1.59. The van der Waals surface area contributed by atoms with Crippen LogP contribution in [0.4, 0.5) is 0 Å². The van der Waals surface area contributed by atoms with Crippen LogP contribution in [0.2, 0.25) is 0 Å². The van der Waals surface area contributed by atoms with Crippen LogP contribution in [0.15, 0.2) is 0 Å². The van der Waals surface area contributed by atoms with Crippen molar-refractivity contribution in [2.24, 2.45) is 17.1 Å². The molecule has 0 aromatic carbocycles. The Labute approximate surface area is 114 Å². The smallest absolute Gasteiger partial charge is 0.227 e. The van der Waals surface area contributed by atoms with E-state index in [0.717, 1.165) is 25.7 Å². The molecular weight excluding hydrogens is 242 g/mol. The first kappa shape index (κ1) is 14.3. The summed E-state index contributed by atoms with van der Waals surface area (Å²) in [5, 5.41) is 5.86. The topological polar surface area (TPSA) is 84.2 Å². The fourth-order valence-corrected chi connectivity index (χ4v) is 2.88. The van der Waals surface area contributed by atoms with Gasteiger partial charge in [-0.2, -0.15) is 0 Å². The zero-order chi connectivity index (χ0) is 13.9. The molecule has 2 aliphatic carbocycles. The van der Waals surface area contributed by atoms with E-state index in [1.165, 1.54) is 0 Å². The first-order valence-corrected chi connectivity index (χ1v) is 7.33. The maximum Gasteiger partial charge on any atom is 0.227 e. The summed E-state index contributed by atoms with van der Waals surface area (Å²) in [6, 6.07) is 0.416. The number of nitrogens with one attached hydrogen (secondary N) is 2. The highest BCUT2D eigenvalue weighted by Crippen LogP contribution is 2.44. The average molecular weight is 267 g/mol. The molecule has 0 radical (unpaired) electrons. The second-order valence-corrected chi connectivity index (χ2v) is 6.20. The van der Waals surface area contributed by atoms with E-state index in [4.69, 9.17) is 5.73 Å². The molecule has 0 aromatic rings. The molecule has 0 aliphatic heterocycles. The molecule has 4 N–H and O–H groups in total. The number of hydrogen-bond acceptors (Lipinski definition) is 3. The Morgan fingerprint density at radius 1 is 1.32 bits per heavy atom. The third kappa shape index (κ3) is 3.69. The van der Waals surface area contributed by atoms with Gasteiger partial charge in [0.25, 0.3) is 0 Å². The molecule has 2 fully saturated rings. The van der Waals surface area contributed by atoms with Gasteiger partial charge in [0, 0.05) is 25.6 Å². The second-order valence-electron chi connectivity index (χ2n) is 6.20. The summed E-state index contributed by atoms with van der Waals surface area (Å²) in [4.78, 5) is 23.5. The minimum absolute atomic E-state index is 0.0655. The predicted octanol–water partition coefficient (Wildman–Crippen LogP) is 0.536. The summed E-state index contributed by atoms with van der Waals surface area (Å²) in [7, 11) is 0. The van der Waals surface area contributed by atoms with E-state index in [1.54, 1.807) is 0 Å². The monoisotopic (exact) mass is 267 g/mol. The minimum atomic E-state index is -0.338. The molecule has 108 valence electrons. The van der Waals surface area contributed by atoms with Gasteiger partial charge in [-0.05, 0) is 38.0 Å². The van der Waals surface area contributed by atoms with Crippen molar-refractivity contribution in [3.8, 4) is 0 Å². The normalized spacial score (nSPS) is 29.5. The van der Waals surface area contributed by atoms with Gasteiger partial charge in [-0.1, -0.05) is 6.92 Å². The number of carbonyl (C=O) groups excluding carboxylic acids is 2. The van der Waals surface area contributed by atoms with Gasteiger partial charge < -0.3 is 16.4 Å². The van der Waals surface area contributed by atoms with E-state index in [9.17, 15) is 9.59 Å². The van der Waals surface area contributed by atoms with Gasteiger partial charge in [-0.25, -0.2) is 0 Å². The largest absolute Gasteiger partial charge is 0.356 e. The molecule has 19 heavy (non-hydrogen) atoms. The Hall–Kier alpha value is -1.10. The standard InChI is InChI=1S/C14H25N3O2/c1-10-7-14(8-10,9-15)13(19)16-6-2-3-12(18)17-11-4-5-11/h10-11H,2-9,15H2,1H3,(H,16,19)(H,17,18). The molecule has 0 spiro atoms. The van der Waals surface area contributed by atoms with Crippen molar-refractivity contribution in [1.82, 2.24) is 10.6 Å². The van der Waals surface area contributed by atoms with Crippen LogP contribution in [0.25, 0.3) is 0 Å². The van der Waals surface area contributed by atoms with E-state index >= 15 is 0 Å². The van der Waals surface area contributed by atoms with Crippen LogP contribution in [0.3, 0.4) is 0 Å². The van der Waals surface area contributed by atoms with Gasteiger partial charge in [-0.3, -0.25) is 9.59 Å². The van der Waals surface area contributed by atoms with Crippen molar-refractivity contribution in [3.05, 3.63) is 0 Å². The lowest BCUT2D eigenvalue weighted by molar-refractivity contribution is -0.138. The summed E-state index contributed by atoms with van der Waals surface area (Å²) in [6.07, 6.45) is 5.18. The van der Waals surface area contributed by atoms with Crippen molar-refractivity contribution in [3.63, 3.8) is 0 Å². The summed E-state index contributed by atoms with van der Waals surface area (Å²) < 4.78 is 0. The third-order valence-corrected chi connectivity index (χ3v) is 4.16. The lowest BCUT2D eigenvalue weighted by Crippen LogP contribution is -2.53. The van der Waals surface area contributed by atoms with Crippen LogP contribution in [0.1, 0.15) is 45.4 Å². The van der Waals surface area contributed by atoms with Crippen LogP contribution in [0, 0.1) is 11.3 Å². The molecule has 0 aromatic heterocycles. The zero-order valence-electron chi connectivity index (χ0n) is 11.7. The van der Waals surface area contributed by atoms with Crippen molar-refractivity contribution < 1.29 is 9.59 Å². The van der Waals surface area contributed by atoms with Crippen LogP contribution < -0.4 is 16.4 Å². The van der Waals surface area contributed by atoms with Crippen LogP contribution in [-0.2, 0) is 9.59 Å². The first-order valence-electron chi connectivity index (χ1n) is 7.33. The second kappa shape index (κ2) is 5.90. The predicted molar refractivity (Wildman–Crippen MR) is 73.3 cm³/mol. The highest BCUT2D eigenvalue weighted by Gasteiger charge is 2.46. The lowest BCUT2D eigenvalue weighted by atomic mass is 9.62. The summed E-state index contributed by atoms with van der Waals surface area (Å²) >= 11 is 0. The Bertz CT molecular complexity index is 347. The number of nitrogens with two attached hydrogens (primary N) is 1. The summed E-state index contributed by atoms with van der Waals surface area (Å²) in [6.45, 7) is 3.13. The zero-order valence-corrected chi connectivity index (χ0v) is 11.7. The molecule has 2 saturated carbocycles. The van der Waals surface area contributed by atoms with E-state index in [-0.39, 0.29) is 17.2 Å². The van der Waals surface area contributed by atoms with Crippen LogP contribution >= 0.6 is 0 Å². The van der Waals surface area contributed by atoms with Crippen molar-refractivity contribution >= 4 is 11.8 Å². The van der Waals surface area contributed by atoms with Gasteiger partial charge in [0.05, 0.1) is 5.41 Å². The molecule has 0 saturated heterocycles. The van der Waals surface area contributed by atoms with Crippen molar-refractivity contribution in [2.45, 2.75) is 51.5 Å². The SMILES string of the molecule is CC1CC(CN)(C(=O)NCCCC(=O)NC2CC2)C1. The number of hydrogen-bond donors (Lipinski definition) is 3. The number of carbonyl (C=O) groups is 2. The van der Waals surface area contributed by atoms with Crippen LogP contribution in [-0.4, -0.2) is 30.9 Å². The van der Waals surface area contributed by atoms with Gasteiger partial charge in [0.1, 0.15) is 0 Å². The molecule has 2 amide bonds. The molecule has 2 aliphatic rings. The molecule has 0 heterocycles. The average Bonchev–Trinajstić information content (AvgIpc) is 3.13. The van der Waals surface area contributed by atoms with E-state index in [2.05, 4.69) is 17.6 Å². The van der Waals surface area contributed by atoms with Crippen molar-refractivity contribution in [2.75, 3.05) is 13.1 Å². The van der Waals surface area contributed by atoms with E-state index < -0.39 is 0 Å². The molecule has 0 atom stereocenters. The van der Waals surface area contributed by atoms with Gasteiger partial charge in [-0.15, -0.1) is 0 Å². The first-order chi connectivity index (χ1) is 9.05. The lowest BCUT2D eigenvalue weighted by Gasteiger charge is -2.44. The number of amides is 2. The molecule has 5 nitrogen and oxygen atoms in total. The third-order valence-electron chi connectivity index (χ3n) is 4.16. The molecule has 0 unspecified atom stereocenters. The molecule has 0 bridgehead atoms. The highest BCUT2D eigenvalue weighted by atomic mass is 16.2. The van der Waals surface area contributed by atoms with Crippen molar-refractivity contribution in [1.29, 1.82) is 0 Å². The van der Waals surface area contributed by atoms with Gasteiger partial charge >= 0.3 is 0 Å². The maximum atomic E-state index is 12.1. The Morgan fingerprint density at radius 3 is 2.53 bits per heavy atom. The highest BCUT2D eigenvalue weighted by molar-refractivity contribution is 5.84. The summed E-state index contributed by atoms with van der Waals surface area (Å²) in [5.74, 6) is 0.761. The fraction of sp³-hybridized carbons (Fsp3) is 0.857. The van der Waals surface area contributed by atoms with Gasteiger partial charge in [0.15, 0.2) is 0 Å². The van der Waals surface area contributed by atoms with Crippen LogP contribution in [0.5, 0.6) is 0 Å². The van der Waals surface area contributed by atoms with E-state index in [0.29, 0.717) is 37.9 Å².